The van der Waals surface area contributed by atoms with Crippen molar-refractivity contribution in [2.24, 2.45) is 0 Å². The number of rotatable bonds is 3. The van der Waals surface area contributed by atoms with Gasteiger partial charge in [0.15, 0.2) is 0 Å². The van der Waals surface area contributed by atoms with E-state index < -0.39 is 0 Å². The topological polar surface area (TPSA) is 26.7 Å². The zero-order chi connectivity index (χ0) is 12.3. The number of aliphatic hydroxyl groups is 1. The van der Waals surface area contributed by atoms with E-state index in [1.54, 1.807) is 0 Å². The Morgan fingerprint density at radius 2 is 2.06 bits per heavy atom. The molecule has 98 valence electrons. The van der Waals surface area contributed by atoms with Crippen molar-refractivity contribution < 1.29 is 5.11 Å². The highest BCUT2D eigenvalue weighted by Gasteiger charge is 2.32. The van der Waals surface area contributed by atoms with Gasteiger partial charge in [0.2, 0.25) is 0 Å². The molecule has 3 unspecified atom stereocenters. The van der Waals surface area contributed by atoms with Crippen LogP contribution in [0.4, 0.5) is 0 Å². The standard InChI is InChI=1S/C14H26N2O/c1-12-11-16(14-6-4-3-5-7-14)13(2)10-15(12)8-9-17/h4,6,12-14,17H,3,5,7-11H2,1-2H3. The number of hydrogen-bond donors (Lipinski definition) is 1. The summed E-state index contributed by atoms with van der Waals surface area (Å²) in [6.07, 6.45) is 8.64. The van der Waals surface area contributed by atoms with Crippen LogP contribution in [-0.4, -0.2) is 59.3 Å². The average Bonchev–Trinajstić information content (AvgIpc) is 2.35. The fourth-order valence-corrected chi connectivity index (χ4v) is 3.20. The molecule has 0 saturated carbocycles. The SMILES string of the molecule is CC1CN(C2C=CCCC2)C(C)CN1CCO. The van der Waals surface area contributed by atoms with E-state index in [2.05, 4.69) is 35.8 Å². The summed E-state index contributed by atoms with van der Waals surface area (Å²) in [5.74, 6) is 0. The Balaban J connectivity index is 1.96. The molecule has 3 atom stereocenters. The molecule has 1 N–H and O–H groups in total. The largest absolute Gasteiger partial charge is 0.395 e. The summed E-state index contributed by atoms with van der Waals surface area (Å²) in [5, 5.41) is 9.07. The molecule has 1 saturated heterocycles. The lowest BCUT2D eigenvalue weighted by atomic mass is 9.97. The lowest BCUT2D eigenvalue weighted by Gasteiger charge is -2.47. The third-order valence-corrected chi connectivity index (χ3v) is 4.21. The van der Waals surface area contributed by atoms with Crippen LogP contribution in [0.3, 0.4) is 0 Å². The van der Waals surface area contributed by atoms with Gasteiger partial charge in [-0.3, -0.25) is 9.80 Å². The lowest BCUT2D eigenvalue weighted by molar-refractivity contribution is 0.0152. The monoisotopic (exact) mass is 238 g/mol. The van der Waals surface area contributed by atoms with Gasteiger partial charge >= 0.3 is 0 Å². The molecule has 0 spiro atoms. The van der Waals surface area contributed by atoms with Gasteiger partial charge in [-0.1, -0.05) is 12.2 Å². The zero-order valence-corrected chi connectivity index (χ0v) is 11.2. The minimum atomic E-state index is 0.278. The molecule has 0 radical (unpaired) electrons. The predicted molar refractivity (Wildman–Crippen MR) is 71.1 cm³/mol. The van der Waals surface area contributed by atoms with Gasteiger partial charge in [0, 0.05) is 37.8 Å². The molecule has 0 aromatic carbocycles. The minimum absolute atomic E-state index is 0.278. The van der Waals surface area contributed by atoms with E-state index in [-0.39, 0.29) is 6.61 Å². The summed E-state index contributed by atoms with van der Waals surface area (Å²) in [7, 11) is 0. The lowest BCUT2D eigenvalue weighted by Crippen LogP contribution is -2.59. The Morgan fingerprint density at radius 3 is 2.71 bits per heavy atom. The fraction of sp³-hybridized carbons (Fsp3) is 0.857. The van der Waals surface area contributed by atoms with Crippen LogP contribution in [0.5, 0.6) is 0 Å². The van der Waals surface area contributed by atoms with Gasteiger partial charge in [0.05, 0.1) is 6.61 Å². The molecule has 3 heteroatoms. The van der Waals surface area contributed by atoms with Gasteiger partial charge in [-0.05, 0) is 33.1 Å². The second-order valence-corrected chi connectivity index (χ2v) is 5.54. The summed E-state index contributed by atoms with van der Waals surface area (Å²) in [6.45, 7) is 7.92. The van der Waals surface area contributed by atoms with Gasteiger partial charge in [0.25, 0.3) is 0 Å². The van der Waals surface area contributed by atoms with Crippen LogP contribution < -0.4 is 0 Å². The van der Waals surface area contributed by atoms with E-state index in [0.717, 1.165) is 19.6 Å². The first kappa shape index (κ1) is 13.1. The quantitative estimate of drug-likeness (QED) is 0.755. The van der Waals surface area contributed by atoms with Crippen molar-refractivity contribution in [1.82, 2.24) is 9.80 Å². The highest BCUT2D eigenvalue weighted by atomic mass is 16.3. The predicted octanol–water partition coefficient (Wildman–Crippen LogP) is 1.48. The number of piperazine rings is 1. The normalized spacial score (nSPS) is 36.3. The molecular weight excluding hydrogens is 212 g/mol. The van der Waals surface area contributed by atoms with E-state index in [1.807, 2.05) is 0 Å². The third-order valence-electron chi connectivity index (χ3n) is 4.21. The Labute approximate surface area is 105 Å². The van der Waals surface area contributed by atoms with Crippen LogP contribution in [-0.2, 0) is 0 Å². The molecule has 0 aromatic heterocycles. The van der Waals surface area contributed by atoms with Crippen LogP contribution >= 0.6 is 0 Å². The molecule has 2 aliphatic rings. The molecule has 1 heterocycles. The van der Waals surface area contributed by atoms with Gasteiger partial charge in [-0.15, -0.1) is 0 Å². The van der Waals surface area contributed by atoms with Crippen LogP contribution in [0.25, 0.3) is 0 Å². The summed E-state index contributed by atoms with van der Waals surface area (Å²) >= 11 is 0. The maximum atomic E-state index is 9.07. The molecule has 2 rings (SSSR count). The summed E-state index contributed by atoms with van der Waals surface area (Å²) in [5.41, 5.74) is 0. The second kappa shape index (κ2) is 5.98. The van der Waals surface area contributed by atoms with Crippen molar-refractivity contribution in [3.8, 4) is 0 Å². The maximum Gasteiger partial charge on any atom is 0.0558 e. The molecule has 1 aliphatic heterocycles. The Hall–Kier alpha value is -0.380. The number of aliphatic hydroxyl groups excluding tert-OH is 1. The molecule has 1 aliphatic carbocycles. The molecular formula is C14H26N2O. The molecule has 17 heavy (non-hydrogen) atoms. The van der Waals surface area contributed by atoms with E-state index >= 15 is 0 Å². The van der Waals surface area contributed by atoms with E-state index in [9.17, 15) is 0 Å². The average molecular weight is 238 g/mol. The molecule has 3 nitrogen and oxygen atoms in total. The number of β-amino-alcohol motifs (C(OH)–C–C–N with tert-alkyl or cyclic N) is 1. The van der Waals surface area contributed by atoms with E-state index in [4.69, 9.17) is 5.11 Å². The Morgan fingerprint density at radius 1 is 1.24 bits per heavy atom. The minimum Gasteiger partial charge on any atom is -0.395 e. The molecule has 0 amide bonds. The van der Waals surface area contributed by atoms with Crippen molar-refractivity contribution >= 4 is 0 Å². The van der Waals surface area contributed by atoms with Gasteiger partial charge < -0.3 is 5.11 Å². The zero-order valence-electron chi connectivity index (χ0n) is 11.2. The van der Waals surface area contributed by atoms with Crippen molar-refractivity contribution in [1.29, 1.82) is 0 Å². The fourth-order valence-electron chi connectivity index (χ4n) is 3.20. The van der Waals surface area contributed by atoms with E-state index in [1.165, 1.54) is 19.3 Å². The van der Waals surface area contributed by atoms with Crippen molar-refractivity contribution in [3.63, 3.8) is 0 Å². The van der Waals surface area contributed by atoms with Gasteiger partial charge in [-0.25, -0.2) is 0 Å². The number of hydrogen-bond acceptors (Lipinski definition) is 3. The smallest absolute Gasteiger partial charge is 0.0558 e. The van der Waals surface area contributed by atoms with E-state index in [0.29, 0.717) is 18.1 Å². The first-order valence-electron chi connectivity index (χ1n) is 6.99. The van der Waals surface area contributed by atoms with Crippen molar-refractivity contribution in [3.05, 3.63) is 12.2 Å². The summed E-state index contributed by atoms with van der Waals surface area (Å²) in [6, 6.07) is 1.82. The van der Waals surface area contributed by atoms with Crippen LogP contribution in [0.2, 0.25) is 0 Å². The van der Waals surface area contributed by atoms with Gasteiger partial charge in [-0.2, -0.15) is 0 Å². The highest BCUT2D eigenvalue weighted by Crippen LogP contribution is 2.23. The summed E-state index contributed by atoms with van der Waals surface area (Å²) in [4.78, 5) is 5.06. The highest BCUT2D eigenvalue weighted by molar-refractivity contribution is 5.01. The van der Waals surface area contributed by atoms with Crippen molar-refractivity contribution in [2.75, 3.05) is 26.2 Å². The van der Waals surface area contributed by atoms with Crippen LogP contribution in [0.15, 0.2) is 12.2 Å². The summed E-state index contributed by atoms with van der Waals surface area (Å²) < 4.78 is 0. The second-order valence-electron chi connectivity index (χ2n) is 5.54. The van der Waals surface area contributed by atoms with Crippen molar-refractivity contribution in [2.45, 2.75) is 51.2 Å². The van der Waals surface area contributed by atoms with Gasteiger partial charge in [0.1, 0.15) is 0 Å². The third kappa shape index (κ3) is 3.09. The molecule has 1 fully saturated rings. The number of nitrogens with zero attached hydrogens (tertiary/aromatic N) is 2. The Bertz CT molecular complexity index is 267. The number of allylic oxidation sites excluding steroid dienone is 1. The maximum absolute atomic E-state index is 9.07. The molecule has 0 aromatic rings. The van der Waals surface area contributed by atoms with Crippen LogP contribution in [0, 0.1) is 0 Å². The Kier molecular flexibility index (Phi) is 4.60. The first-order chi connectivity index (χ1) is 8.22. The molecule has 0 bridgehead atoms. The first-order valence-corrected chi connectivity index (χ1v) is 6.99. The van der Waals surface area contributed by atoms with Crippen LogP contribution in [0.1, 0.15) is 33.1 Å².